The molecular weight excluding hydrogens is 282 g/mol. The second kappa shape index (κ2) is 5.44. The van der Waals surface area contributed by atoms with Gasteiger partial charge in [-0.05, 0) is 31.9 Å². The number of aromatic nitrogens is 2. The summed E-state index contributed by atoms with van der Waals surface area (Å²) in [5.74, 6) is 0.711. The number of aliphatic carboxylic acids is 1. The smallest absolute Gasteiger partial charge is 0.311 e. The molecule has 1 N–H and O–H groups in total. The lowest BCUT2D eigenvalue weighted by atomic mass is 9.82. The Morgan fingerprint density at radius 3 is 2.95 bits per heavy atom. The van der Waals surface area contributed by atoms with Crippen molar-refractivity contribution in [2.24, 2.45) is 5.41 Å². The van der Waals surface area contributed by atoms with E-state index in [4.69, 9.17) is 4.74 Å². The van der Waals surface area contributed by atoms with Crippen LogP contribution in [0.1, 0.15) is 19.8 Å². The van der Waals surface area contributed by atoms with Gasteiger partial charge in [0.15, 0.2) is 0 Å². The molecule has 1 aromatic heterocycles. The molecule has 2 aromatic rings. The van der Waals surface area contributed by atoms with Crippen LogP contribution in [0.2, 0.25) is 0 Å². The first-order chi connectivity index (χ1) is 10.5. The molecule has 0 radical (unpaired) electrons. The zero-order valence-corrected chi connectivity index (χ0v) is 12.7. The molecular formula is C16H19N3O3. The molecule has 0 amide bonds. The van der Waals surface area contributed by atoms with Crippen molar-refractivity contribution in [3.63, 3.8) is 0 Å². The van der Waals surface area contributed by atoms with Crippen molar-refractivity contribution in [1.29, 1.82) is 0 Å². The number of anilines is 1. The maximum atomic E-state index is 11.5. The van der Waals surface area contributed by atoms with Crippen LogP contribution in [0.25, 0.3) is 10.9 Å². The maximum Gasteiger partial charge on any atom is 0.311 e. The molecule has 2 heterocycles. The summed E-state index contributed by atoms with van der Waals surface area (Å²) < 4.78 is 5.35. The normalized spacial score (nSPS) is 21.8. The van der Waals surface area contributed by atoms with E-state index in [0.29, 0.717) is 18.7 Å². The molecule has 1 saturated heterocycles. The Kier molecular flexibility index (Phi) is 3.60. The molecule has 0 spiro atoms. The van der Waals surface area contributed by atoms with Gasteiger partial charge in [-0.25, -0.2) is 9.97 Å². The molecule has 1 aliphatic rings. The van der Waals surface area contributed by atoms with Crippen LogP contribution < -0.4 is 9.64 Å². The van der Waals surface area contributed by atoms with Gasteiger partial charge in [-0.15, -0.1) is 0 Å². The number of carbonyl (C=O) groups is 1. The number of carboxylic acids is 1. The highest BCUT2D eigenvalue weighted by atomic mass is 16.5. The Balaban J connectivity index is 2.05. The minimum atomic E-state index is -0.756. The number of carboxylic acid groups (broad SMARTS) is 1. The van der Waals surface area contributed by atoms with Crippen molar-refractivity contribution in [1.82, 2.24) is 9.97 Å². The molecule has 3 rings (SSSR count). The number of rotatable bonds is 3. The van der Waals surface area contributed by atoms with Crippen LogP contribution in [0.5, 0.6) is 5.75 Å². The largest absolute Gasteiger partial charge is 0.494 e. The predicted octanol–water partition coefficient (Wildman–Crippen LogP) is 2.33. The van der Waals surface area contributed by atoms with E-state index in [1.165, 1.54) is 6.33 Å². The summed E-state index contributed by atoms with van der Waals surface area (Å²) in [6.07, 6.45) is 3.02. The Hall–Kier alpha value is -2.37. The number of ether oxygens (including phenoxy) is 1. The average molecular weight is 301 g/mol. The molecule has 1 fully saturated rings. The highest BCUT2D eigenvalue weighted by Gasteiger charge is 2.38. The number of para-hydroxylation sites is 1. The Bertz CT molecular complexity index is 719. The quantitative estimate of drug-likeness (QED) is 0.937. The highest BCUT2D eigenvalue weighted by molar-refractivity contribution is 5.93. The minimum absolute atomic E-state index is 0.450. The van der Waals surface area contributed by atoms with E-state index in [9.17, 15) is 9.90 Å². The average Bonchev–Trinajstić information content (AvgIpc) is 2.53. The van der Waals surface area contributed by atoms with E-state index in [0.717, 1.165) is 29.7 Å². The zero-order chi connectivity index (χ0) is 15.7. The van der Waals surface area contributed by atoms with Gasteiger partial charge in [0.2, 0.25) is 0 Å². The molecule has 1 aliphatic heterocycles. The van der Waals surface area contributed by atoms with E-state index >= 15 is 0 Å². The fraction of sp³-hybridized carbons (Fsp3) is 0.438. The van der Waals surface area contributed by atoms with Crippen LogP contribution in [-0.4, -0.2) is 41.2 Å². The van der Waals surface area contributed by atoms with Gasteiger partial charge in [-0.1, -0.05) is 6.07 Å². The molecule has 6 nitrogen and oxygen atoms in total. The number of methoxy groups -OCH3 is 1. The van der Waals surface area contributed by atoms with Gasteiger partial charge >= 0.3 is 5.97 Å². The van der Waals surface area contributed by atoms with Crippen LogP contribution in [0.3, 0.4) is 0 Å². The molecule has 0 aliphatic carbocycles. The lowest BCUT2D eigenvalue weighted by Gasteiger charge is -2.38. The molecule has 22 heavy (non-hydrogen) atoms. The van der Waals surface area contributed by atoms with Gasteiger partial charge in [0, 0.05) is 18.5 Å². The number of nitrogens with zero attached hydrogens (tertiary/aromatic N) is 3. The minimum Gasteiger partial charge on any atom is -0.494 e. The number of piperidine rings is 1. The Morgan fingerprint density at radius 1 is 1.41 bits per heavy atom. The second-order valence-electron chi connectivity index (χ2n) is 5.94. The number of fused-ring (bicyclic) bond motifs is 1. The lowest BCUT2D eigenvalue weighted by Crippen LogP contribution is -2.46. The summed E-state index contributed by atoms with van der Waals surface area (Å²) in [7, 11) is 1.61. The summed E-state index contributed by atoms with van der Waals surface area (Å²) in [6, 6.07) is 5.70. The van der Waals surface area contributed by atoms with Gasteiger partial charge in [0.25, 0.3) is 0 Å². The summed E-state index contributed by atoms with van der Waals surface area (Å²) >= 11 is 0. The van der Waals surface area contributed by atoms with Crippen LogP contribution in [0.15, 0.2) is 24.5 Å². The maximum absolute atomic E-state index is 11.5. The van der Waals surface area contributed by atoms with Gasteiger partial charge in [-0.2, -0.15) is 0 Å². The van der Waals surface area contributed by atoms with E-state index in [1.54, 1.807) is 14.0 Å². The molecule has 6 heteroatoms. The Morgan fingerprint density at radius 2 is 2.23 bits per heavy atom. The van der Waals surface area contributed by atoms with Gasteiger partial charge < -0.3 is 14.7 Å². The third-order valence-corrected chi connectivity index (χ3v) is 4.34. The van der Waals surface area contributed by atoms with Crippen molar-refractivity contribution >= 4 is 22.7 Å². The molecule has 1 atom stereocenters. The van der Waals surface area contributed by atoms with Crippen LogP contribution in [0, 0.1) is 5.41 Å². The third-order valence-electron chi connectivity index (χ3n) is 4.34. The first kappa shape index (κ1) is 14.6. The van der Waals surface area contributed by atoms with Crippen molar-refractivity contribution in [3.05, 3.63) is 24.5 Å². The zero-order valence-electron chi connectivity index (χ0n) is 12.7. The first-order valence-electron chi connectivity index (χ1n) is 7.31. The van der Waals surface area contributed by atoms with Crippen LogP contribution in [0.4, 0.5) is 5.82 Å². The van der Waals surface area contributed by atoms with Crippen molar-refractivity contribution in [3.8, 4) is 5.75 Å². The summed E-state index contributed by atoms with van der Waals surface area (Å²) in [6.45, 7) is 3.04. The van der Waals surface area contributed by atoms with Gasteiger partial charge in [0.1, 0.15) is 23.4 Å². The molecule has 0 saturated carbocycles. The van der Waals surface area contributed by atoms with E-state index in [1.807, 2.05) is 23.1 Å². The van der Waals surface area contributed by atoms with Crippen molar-refractivity contribution in [2.45, 2.75) is 19.8 Å². The fourth-order valence-electron chi connectivity index (χ4n) is 3.06. The summed E-state index contributed by atoms with van der Waals surface area (Å²) in [5.41, 5.74) is 0.00610. The molecule has 116 valence electrons. The van der Waals surface area contributed by atoms with E-state index in [-0.39, 0.29) is 0 Å². The number of hydrogen-bond acceptors (Lipinski definition) is 5. The standard InChI is InChI=1S/C16H19N3O3/c1-16(15(20)21)7-4-8-19(9-16)14-11-5-3-6-12(22-2)13(11)17-10-18-14/h3,5-6,10H,4,7-9H2,1-2H3,(H,20,21). The highest BCUT2D eigenvalue weighted by Crippen LogP contribution is 2.35. The fourth-order valence-corrected chi connectivity index (χ4v) is 3.06. The molecule has 0 bridgehead atoms. The molecule has 1 unspecified atom stereocenters. The van der Waals surface area contributed by atoms with Crippen LogP contribution >= 0.6 is 0 Å². The number of hydrogen-bond donors (Lipinski definition) is 1. The van der Waals surface area contributed by atoms with E-state index < -0.39 is 11.4 Å². The topological polar surface area (TPSA) is 75.5 Å². The van der Waals surface area contributed by atoms with Gasteiger partial charge in [0.05, 0.1) is 12.5 Å². The lowest BCUT2D eigenvalue weighted by molar-refractivity contribution is -0.148. The van der Waals surface area contributed by atoms with Gasteiger partial charge in [-0.3, -0.25) is 4.79 Å². The summed E-state index contributed by atoms with van der Waals surface area (Å²) in [4.78, 5) is 22.3. The number of benzene rings is 1. The SMILES string of the molecule is COc1cccc2c(N3CCCC(C)(C(=O)O)C3)ncnc12. The Labute approximate surface area is 128 Å². The van der Waals surface area contributed by atoms with Crippen molar-refractivity contribution < 1.29 is 14.6 Å². The van der Waals surface area contributed by atoms with E-state index in [2.05, 4.69) is 9.97 Å². The summed E-state index contributed by atoms with van der Waals surface area (Å²) in [5, 5.41) is 10.4. The second-order valence-corrected chi connectivity index (χ2v) is 5.94. The monoisotopic (exact) mass is 301 g/mol. The van der Waals surface area contributed by atoms with Crippen LogP contribution in [-0.2, 0) is 4.79 Å². The molecule has 1 aromatic carbocycles. The van der Waals surface area contributed by atoms with Crippen molar-refractivity contribution in [2.75, 3.05) is 25.1 Å². The third kappa shape index (κ3) is 2.34. The first-order valence-corrected chi connectivity index (χ1v) is 7.31. The predicted molar refractivity (Wildman–Crippen MR) is 83.3 cm³/mol.